The van der Waals surface area contributed by atoms with Crippen molar-refractivity contribution in [2.45, 2.75) is 6.92 Å². The van der Waals surface area contributed by atoms with E-state index in [1.807, 2.05) is 31.2 Å². The van der Waals surface area contributed by atoms with Gasteiger partial charge in [-0.1, -0.05) is 18.2 Å². The molecule has 3 N–H and O–H groups in total. The van der Waals surface area contributed by atoms with Gasteiger partial charge in [0.2, 0.25) is 6.79 Å². The number of amides is 1. The van der Waals surface area contributed by atoms with Crippen LogP contribution in [0.3, 0.4) is 0 Å². The fourth-order valence-corrected chi connectivity index (χ4v) is 2.25. The summed E-state index contributed by atoms with van der Waals surface area (Å²) in [6.45, 7) is 2.14. The minimum absolute atomic E-state index is 0.170. The standard InChI is InChI=1S/C16H15N3O3S/c1-10-4-2-3-5-12(10)17-16(23)19-18-15(20)11-6-7-13-14(8-11)22-9-21-13/h2-8H,9H2,1H3,(H,18,20)(H2,17,19,23). The highest BCUT2D eigenvalue weighted by molar-refractivity contribution is 7.80. The molecule has 0 saturated carbocycles. The van der Waals surface area contributed by atoms with Crippen molar-refractivity contribution in [2.75, 3.05) is 12.1 Å². The molecule has 2 aromatic rings. The van der Waals surface area contributed by atoms with Crippen LogP contribution in [0.1, 0.15) is 15.9 Å². The van der Waals surface area contributed by atoms with E-state index in [1.165, 1.54) is 0 Å². The molecule has 23 heavy (non-hydrogen) atoms. The van der Waals surface area contributed by atoms with Gasteiger partial charge in [0.1, 0.15) is 0 Å². The van der Waals surface area contributed by atoms with E-state index >= 15 is 0 Å². The fraction of sp³-hybridized carbons (Fsp3) is 0.125. The highest BCUT2D eigenvalue weighted by Gasteiger charge is 2.16. The number of para-hydroxylation sites is 1. The molecule has 0 fully saturated rings. The second-order valence-electron chi connectivity index (χ2n) is 4.92. The van der Waals surface area contributed by atoms with Crippen molar-refractivity contribution < 1.29 is 14.3 Å². The Hall–Kier alpha value is -2.80. The molecule has 1 amide bonds. The smallest absolute Gasteiger partial charge is 0.269 e. The Morgan fingerprint density at radius 1 is 1.09 bits per heavy atom. The molecule has 0 radical (unpaired) electrons. The number of rotatable bonds is 2. The van der Waals surface area contributed by atoms with Gasteiger partial charge in [-0.25, -0.2) is 0 Å². The first-order valence-electron chi connectivity index (χ1n) is 6.96. The van der Waals surface area contributed by atoms with E-state index in [1.54, 1.807) is 18.2 Å². The van der Waals surface area contributed by atoms with Crippen molar-refractivity contribution in [3.63, 3.8) is 0 Å². The van der Waals surface area contributed by atoms with Crippen molar-refractivity contribution in [3.05, 3.63) is 53.6 Å². The summed E-state index contributed by atoms with van der Waals surface area (Å²) < 4.78 is 10.5. The zero-order chi connectivity index (χ0) is 16.2. The van der Waals surface area contributed by atoms with Crippen LogP contribution in [0.4, 0.5) is 5.69 Å². The number of hydrazine groups is 1. The zero-order valence-corrected chi connectivity index (χ0v) is 13.2. The molecule has 1 aliphatic rings. The molecular weight excluding hydrogens is 314 g/mol. The molecule has 6 nitrogen and oxygen atoms in total. The molecule has 118 valence electrons. The van der Waals surface area contributed by atoms with E-state index < -0.39 is 0 Å². The van der Waals surface area contributed by atoms with Crippen LogP contribution in [-0.2, 0) is 0 Å². The molecule has 1 heterocycles. The number of anilines is 1. The Balaban J connectivity index is 1.56. The summed E-state index contributed by atoms with van der Waals surface area (Å²) in [5, 5.41) is 3.32. The number of nitrogens with one attached hydrogen (secondary N) is 3. The van der Waals surface area contributed by atoms with Gasteiger partial charge in [0.25, 0.3) is 5.91 Å². The van der Waals surface area contributed by atoms with Gasteiger partial charge < -0.3 is 14.8 Å². The lowest BCUT2D eigenvalue weighted by Crippen LogP contribution is -2.43. The summed E-state index contributed by atoms with van der Waals surface area (Å²) in [5.41, 5.74) is 7.59. The summed E-state index contributed by atoms with van der Waals surface area (Å²) in [6, 6.07) is 12.7. The maximum atomic E-state index is 12.1. The number of fused-ring (bicyclic) bond motifs is 1. The molecular formula is C16H15N3O3S. The van der Waals surface area contributed by atoms with Gasteiger partial charge in [0, 0.05) is 11.3 Å². The maximum Gasteiger partial charge on any atom is 0.269 e. The van der Waals surface area contributed by atoms with Crippen LogP contribution in [0, 0.1) is 6.92 Å². The van der Waals surface area contributed by atoms with Gasteiger partial charge in [0.15, 0.2) is 16.6 Å². The van der Waals surface area contributed by atoms with Gasteiger partial charge in [-0.2, -0.15) is 0 Å². The van der Waals surface area contributed by atoms with E-state index in [-0.39, 0.29) is 12.7 Å². The molecule has 1 aliphatic heterocycles. The monoisotopic (exact) mass is 329 g/mol. The maximum absolute atomic E-state index is 12.1. The van der Waals surface area contributed by atoms with Crippen molar-refractivity contribution in [1.82, 2.24) is 10.9 Å². The number of benzene rings is 2. The largest absolute Gasteiger partial charge is 0.454 e. The number of aryl methyl sites for hydroxylation is 1. The zero-order valence-electron chi connectivity index (χ0n) is 12.4. The van der Waals surface area contributed by atoms with Gasteiger partial charge in [-0.3, -0.25) is 15.6 Å². The Labute approximate surface area is 138 Å². The lowest BCUT2D eigenvalue weighted by Gasteiger charge is -2.13. The Kier molecular flexibility index (Phi) is 4.29. The van der Waals surface area contributed by atoms with Crippen molar-refractivity contribution in [3.8, 4) is 11.5 Å². The Morgan fingerprint density at radius 2 is 1.87 bits per heavy atom. The quantitative estimate of drug-likeness (QED) is 0.580. The van der Waals surface area contributed by atoms with Crippen molar-refractivity contribution in [2.24, 2.45) is 0 Å². The topological polar surface area (TPSA) is 71.6 Å². The third kappa shape index (κ3) is 3.51. The van der Waals surface area contributed by atoms with E-state index in [4.69, 9.17) is 21.7 Å². The molecule has 0 atom stereocenters. The molecule has 0 unspecified atom stereocenters. The average molecular weight is 329 g/mol. The molecule has 0 spiro atoms. The van der Waals surface area contributed by atoms with Gasteiger partial charge in [-0.15, -0.1) is 0 Å². The third-order valence-electron chi connectivity index (χ3n) is 3.32. The highest BCUT2D eigenvalue weighted by Crippen LogP contribution is 2.32. The summed E-state index contributed by atoms with van der Waals surface area (Å²) in [4.78, 5) is 12.1. The molecule has 3 rings (SSSR count). The number of hydrogen-bond donors (Lipinski definition) is 3. The summed E-state index contributed by atoms with van der Waals surface area (Å²) in [5.74, 6) is 0.863. The molecule has 0 aromatic heterocycles. The third-order valence-corrected chi connectivity index (χ3v) is 3.52. The van der Waals surface area contributed by atoms with E-state index in [2.05, 4.69) is 16.2 Å². The average Bonchev–Trinajstić information content (AvgIpc) is 3.02. The first kappa shape index (κ1) is 15.1. The molecule has 7 heteroatoms. The summed E-state index contributed by atoms with van der Waals surface area (Å²) in [7, 11) is 0. The van der Waals surface area contributed by atoms with Crippen LogP contribution < -0.4 is 25.6 Å². The van der Waals surface area contributed by atoms with Crippen LogP contribution in [0.15, 0.2) is 42.5 Å². The minimum atomic E-state index is -0.322. The second-order valence-corrected chi connectivity index (χ2v) is 5.32. The van der Waals surface area contributed by atoms with Gasteiger partial charge in [0.05, 0.1) is 0 Å². The predicted molar refractivity (Wildman–Crippen MR) is 90.6 cm³/mol. The fourth-order valence-electron chi connectivity index (χ4n) is 2.09. The lowest BCUT2D eigenvalue weighted by atomic mass is 10.2. The number of hydrogen-bond acceptors (Lipinski definition) is 4. The Morgan fingerprint density at radius 3 is 2.70 bits per heavy atom. The van der Waals surface area contributed by atoms with Crippen LogP contribution in [0.5, 0.6) is 11.5 Å². The molecule has 0 bridgehead atoms. The van der Waals surface area contributed by atoms with Crippen LogP contribution in [0.2, 0.25) is 0 Å². The highest BCUT2D eigenvalue weighted by atomic mass is 32.1. The van der Waals surface area contributed by atoms with E-state index in [0.29, 0.717) is 22.2 Å². The van der Waals surface area contributed by atoms with E-state index in [9.17, 15) is 4.79 Å². The normalized spacial score (nSPS) is 11.7. The van der Waals surface area contributed by atoms with Crippen LogP contribution in [-0.4, -0.2) is 17.8 Å². The first-order chi connectivity index (χ1) is 11.1. The predicted octanol–water partition coefficient (Wildman–Crippen LogP) is 2.36. The molecule has 0 saturated heterocycles. The van der Waals surface area contributed by atoms with E-state index in [0.717, 1.165) is 11.3 Å². The van der Waals surface area contributed by atoms with Gasteiger partial charge in [-0.05, 0) is 49.0 Å². The molecule has 2 aromatic carbocycles. The molecule has 0 aliphatic carbocycles. The number of carbonyl (C=O) groups excluding carboxylic acids is 1. The minimum Gasteiger partial charge on any atom is -0.454 e. The number of thiocarbonyl (C=S) groups is 1. The van der Waals surface area contributed by atoms with Crippen molar-refractivity contribution >= 4 is 28.9 Å². The first-order valence-corrected chi connectivity index (χ1v) is 7.37. The summed E-state index contributed by atoms with van der Waals surface area (Å²) >= 11 is 5.16. The van der Waals surface area contributed by atoms with Crippen molar-refractivity contribution in [1.29, 1.82) is 0 Å². The summed E-state index contributed by atoms with van der Waals surface area (Å²) in [6.07, 6.45) is 0. The number of carbonyl (C=O) groups is 1. The van der Waals surface area contributed by atoms with Crippen LogP contribution >= 0.6 is 12.2 Å². The second kappa shape index (κ2) is 6.53. The number of ether oxygens (including phenoxy) is 2. The SMILES string of the molecule is Cc1ccccc1NC(=S)NNC(=O)c1ccc2c(c1)OCO2. The Bertz CT molecular complexity index is 764. The van der Waals surface area contributed by atoms with Gasteiger partial charge >= 0.3 is 0 Å². The van der Waals surface area contributed by atoms with Crippen LogP contribution in [0.25, 0.3) is 0 Å². The lowest BCUT2D eigenvalue weighted by molar-refractivity contribution is 0.0943.